The van der Waals surface area contributed by atoms with Gasteiger partial charge in [-0.25, -0.2) is 4.39 Å². The molecule has 4 aliphatic rings. The van der Waals surface area contributed by atoms with Gasteiger partial charge in [-0.05, 0) is 50.2 Å². The summed E-state index contributed by atoms with van der Waals surface area (Å²) in [7, 11) is 0. The lowest BCUT2D eigenvalue weighted by atomic mass is 9.76. The number of benzene rings is 1. The Kier molecular flexibility index (Phi) is 5.94. The Morgan fingerprint density at radius 1 is 1.31 bits per heavy atom. The summed E-state index contributed by atoms with van der Waals surface area (Å²) in [6.07, 6.45) is 4.42. The maximum absolute atomic E-state index is 13.4. The number of halogens is 2. The molecule has 29 heavy (non-hydrogen) atoms. The number of fused-ring (bicyclic) bond motifs is 1. The Hall–Kier alpha value is -1.90. The lowest BCUT2D eigenvalue weighted by Crippen LogP contribution is -2.53. The molecule has 1 unspecified atom stereocenters. The van der Waals surface area contributed by atoms with Crippen molar-refractivity contribution in [2.45, 2.75) is 43.7 Å². The van der Waals surface area contributed by atoms with Gasteiger partial charge in [-0.1, -0.05) is 11.6 Å². The molecule has 1 aromatic carbocycles. The van der Waals surface area contributed by atoms with Crippen LogP contribution in [-0.4, -0.2) is 43.1 Å². The van der Waals surface area contributed by atoms with Crippen LogP contribution in [0.15, 0.2) is 18.2 Å². The van der Waals surface area contributed by atoms with Crippen molar-refractivity contribution in [2.75, 3.05) is 19.7 Å². The first-order valence-electron chi connectivity index (χ1n) is 10.1. The number of hydrogen-bond donors (Lipinski definition) is 4. The second-order valence-electron chi connectivity index (χ2n) is 8.33. The predicted molar refractivity (Wildman–Crippen MR) is 106 cm³/mol. The first-order valence-corrected chi connectivity index (χ1v) is 10.5. The van der Waals surface area contributed by atoms with Crippen molar-refractivity contribution in [1.29, 1.82) is 0 Å². The monoisotopic (exact) mass is 424 g/mol. The van der Waals surface area contributed by atoms with Crippen LogP contribution in [0, 0.1) is 17.7 Å². The van der Waals surface area contributed by atoms with E-state index in [9.17, 15) is 14.0 Å². The van der Waals surface area contributed by atoms with Crippen LogP contribution < -0.4 is 26.2 Å². The van der Waals surface area contributed by atoms with Crippen molar-refractivity contribution < 1.29 is 18.7 Å². The highest BCUT2D eigenvalue weighted by Crippen LogP contribution is 2.55. The lowest BCUT2D eigenvalue weighted by molar-refractivity contribution is -0.126. The Balaban J connectivity index is 1.21. The molecule has 0 spiro atoms. The van der Waals surface area contributed by atoms with E-state index < -0.39 is 5.82 Å². The number of ether oxygens (including phenoxy) is 1. The Labute approximate surface area is 174 Å². The zero-order valence-electron chi connectivity index (χ0n) is 16.1. The summed E-state index contributed by atoms with van der Waals surface area (Å²) in [6.45, 7) is 1.36. The summed E-state index contributed by atoms with van der Waals surface area (Å²) in [5.41, 5.74) is 5.99. The van der Waals surface area contributed by atoms with E-state index in [2.05, 4.69) is 21.5 Å². The van der Waals surface area contributed by atoms with Crippen molar-refractivity contribution in [3.63, 3.8) is 0 Å². The van der Waals surface area contributed by atoms with Gasteiger partial charge in [-0.15, -0.1) is 0 Å². The van der Waals surface area contributed by atoms with Crippen LogP contribution in [0.25, 0.3) is 0 Å². The summed E-state index contributed by atoms with van der Waals surface area (Å²) in [6, 6.07) is 4.31. The second kappa shape index (κ2) is 8.45. The highest BCUT2D eigenvalue weighted by molar-refractivity contribution is 6.30. The van der Waals surface area contributed by atoms with Gasteiger partial charge in [-0.2, -0.15) is 0 Å². The molecule has 3 saturated carbocycles. The molecule has 7 nitrogen and oxygen atoms in total. The van der Waals surface area contributed by atoms with Crippen molar-refractivity contribution in [3.8, 4) is 5.75 Å². The Bertz CT molecular complexity index is 781. The van der Waals surface area contributed by atoms with Crippen LogP contribution in [0.2, 0.25) is 5.02 Å². The lowest BCUT2D eigenvalue weighted by Gasteiger charge is -2.39. The minimum absolute atomic E-state index is 0.00649. The zero-order valence-corrected chi connectivity index (χ0v) is 16.9. The molecular weight excluding hydrogens is 399 g/mol. The van der Waals surface area contributed by atoms with Gasteiger partial charge in [0.05, 0.1) is 5.02 Å². The van der Waals surface area contributed by atoms with Gasteiger partial charge < -0.3 is 15.4 Å². The molecule has 2 atom stereocenters. The molecule has 158 valence electrons. The highest BCUT2D eigenvalue weighted by atomic mass is 35.5. The summed E-state index contributed by atoms with van der Waals surface area (Å²) < 4.78 is 18.8. The maximum atomic E-state index is 13.4. The van der Waals surface area contributed by atoms with Crippen LogP contribution in [0.5, 0.6) is 5.75 Å². The van der Waals surface area contributed by atoms with Gasteiger partial charge in [0.2, 0.25) is 5.91 Å². The van der Waals surface area contributed by atoms with E-state index in [0.29, 0.717) is 18.9 Å². The van der Waals surface area contributed by atoms with Gasteiger partial charge in [0.25, 0.3) is 5.91 Å². The van der Waals surface area contributed by atoms with Crippen LogP contribution in [0.1, 0.15) is 32.1 Å². The fraction of sp³-hybridized carbons (Fsp3) is 0.600. The minimum Gasteiger partial charge on any atom is -0.484 e. The number of carbonyl (C=O) groups is 2. The number of nitrogens with one attached hydrogen (secondary N) is 4. The van der Waals surface area contributed by atoms with Crippen molar-refractivity contribution in [3.05, 3.63) is 29.0 Å². The molecule has 4 fully saturated rings. The average molecular weight is 425 g/mol. The molecule has 2 amide bonds. The first kappa shape index (κ1) is 20.4. The Morgan fingerprint density at radius 2 is 2.14 bits per heavy atom. The minimum atomic E-state index is -0.589. The van der Waals surface area contributed by atoms with Crippen molar-refractivity contribution in [1.82, 2.24) is 21.5 Å². The standard InChI is InChI=1S/C20H26ClFN4O3/c21-16-4-3-14(6-17(16)22)29-11-18(27)25-20-7-12(8-20)15(9-20)19(28)23-10-13-2-1-5-24-26-13/h3-4,6,12-13,15,24,26H,1-2,5,7-11H2,(H,23,28)(H,25,27)/t12?,13?,15-,20?/m0/s1. The van der Waals surface area contributed by atoms with Crippen LogP contribution >= 0.6 is 11.6 Å². The Morgan fingerprint density at radius 3 is 2.86 bits per heavy atom. The number of carbonyl (C=O) groups excluding carboxylic acids is 2. The molecule has 1 saturated heterocycles. The third-order valence-corrected chi connectivity index (χ3v) is 6.48. The zero-order chi connectivity index (χ0) is 20.4. The fourth-order valence-electron chi connectivity index (χ4n) is 4.72. The molecule has 1 heterocycles. The third-order valence-electron chi connectivity index (χ3n) is 6.17. The quantitative estimate of drug-likeness (QED) is 0.532. The van der Waals surface area contributed by atoms with Gasteiger partial charge in [0.1, 0.15) is 11.6 Å². The van der Waals surface area contributed by atoms with Crippen LogP contribution in [0.3, 0.4) is 0 Å². The molecular formula is C20H26ClFN4O3. The van der Waals surface area contributed by atoms with Gasteiger partial charge >= 0.3 is 0 Å². The average Bonchev–Trinajstić information content (AvgIpc) is 3.23. The highest BCUT2D eigenvalue weighted by Gasteiger charge is 2.58. The second-order valence-corrected chi connectivity index (χ2v) is 8.73. The van der Waals surface area contributed by atoms with Gasteiger partial charge in [-0.3, -0.25) is 20.4 Å². The molecule has 3 aliphatic carbocycles. The summed E-state index contributed by atoms with van der Waals surface area (Å²) >= 11 is 5.64. The molecule has 2 bridgehead atoms. The van der Waals surface area contributed by atoms with E-state index in [4.69, 9.17) is 16.3 Å². The first-order chi connectivity index (χ1) is 13.9. The van der Waals surface area contributed by atoms with E-state index in [1.165, 1.54) is 12.1 Å². The number of amides is 2. The normalized spacial score (nSPS) is 30.3. The van der Waals surface area contributed by atoms with E-state index in [1.807, 2.05) is 0 Å². The van der Waals surface area contributed by atoms with E-state index >= 15 is 0 Å². The van der Waals surface area contributed by atoms with Crippen molar-refractivity contribution >= 4 is 23.4 Å². The molecule has 0 aromatic heterocycles. The van der Waals surface area contributed by atoms with E-state index in [1.54, 1.807) is 0 Å². The summed E-state index contributed by atoms with van der Waals surface area (Å²) in [4.78, 5) is 24.9. The van der Waals surface area contributed by atoms with Crippen molar-refractivity contribution in [2.24, 2.45) is 11.8 Å². The summed E-state index contributed by atoms with van der Waals surface area (Å²) in [5.74, 6) is -0.271. The fourth-order valence-corrected chi connectivity index (χ4v) is 4.84. The molecule has 1 aromatic rings. The summed E-state index contributed by atoms with van der Waals surface area (Å²) in [5, 5.41) is 6.08. The molecule has 9 heteroatoms. The smallest absolute Gasteiger partial charge is 0.258 e. The predicted octanol–water partition coefficient (Wildman–Crippen LogP) is 1.52. The topological polar surface area (TPSA) is 91.5 Å². The van der Waals surface area contributed by atoms with E-state index in [-0.39, 0.29) is 46.7 Å². The molecule has 4 N–H and O–H groups in total. The van der Waals surface area contributed by atoms with Crippen LogP contribution in [-0.2, 0) is 9.59 Å². The van der Waals surface area contributed by atoms with Crippen LogP contribution in [0.4, 0.5) is 4.39 Å². The third kappa shape index (κ3) is 4.65. The van der Waals surface area contributed by atoms with Gasteiger partial charge in [0.15, 0.2) is 6.61 Å². The van der Waals surface area contributed by atoms with E-state index in [0.717, 1.165) is 38.3 Å². The number of rotatable bonds is 7. The van der Waals surface area contributed by atoms with Gasteiger partial charge in [0, 0.05) is 36.7 Å². The largest absolute Gasteiger partial charge is 0.484 e. The molecule has 1 aliphatic heterocycles. The molecule has 0 radical (unpaired) electrons. The number of hydrogen-bond acceptors (Lipinski definition) is 5. The SMILES string of the molecule is O=C(COc1ccc(Cl)c(F)c1)NC12CC(C1)[C@@H](C(=O)NCC1CCCNN1)C2. The number of hydrazine groups is 1. The molecule has 5 rings (SSSR count). The maximum Gasteiger partial charge on any atom is 0.258 e.